The average molecular weight is 382 g/mol. The Labute approximate surface area is 185 Å². The van der Waals surface area contributed by atoms with Crippen molar-refractivity contribution in [1.82, 2.24) is 0 Å². The normalized spacial score (nSPS) is 27.2. The molecule has 2 bridgehead atoms. The van der Waals surface area contributed by atoms with Gasteiger partial charge in [0.05, 0.1) is 18.2 Å². The van der Waals surface area contributed by atoms with Crippen LogP contribution in [0.3, 0.4) is 0 Å². The van der Waals surface area contributed by atoms with Crippen molar-refractivity contribution in [2.75, 3.05) is 7.11 Å². The summed E-state index contributed by atoms with van der Waals surface area (Å²) < 4.78 is 11.6. The van der Waals surface area contributed by atoms with Gasteiger partial charge in [-0.2, -0.15) is 0 Å². The van der Waals surface area contributed by atoms with Crippen LogP contribution in [0.5, 0.6) is 0 Å². The van der Waals surface area contributed by atoms with Gasteiger partial charge in [-0.1, -0.05) is 38.1 Å². The second-order valence-electron chi connectivity index (χ2n) is 8.14. The molecular formula is C22H31NaO4. The first-order valence-electron chi connectivity index (χ1n) is 9.93. The van der Waals surface area contributed by atoms with Crippen LogP contribution in [0.25, 0.3) is 0 Å². The zero-order valence-electron chi connectivity index (χ0n) is 17.3. The van der Waals surface area contributed by atoms with E-state index in [2.05, 4.69) is 24.3 Å². The van der Waals surface area contributed by atoms with E-state index in [0.29, 0.717) is 24.9 Å². The number of benzene rings is 1. The van der Waals surface area contributed by atoms with Crippen LogP contribution in [0.15, 0.2) is 24.3 Å². The standard InChI is InChI=1S/C22H32O4.Na/c1-4-22(5-2,19(23)24)26-16-17-6-8-18(9-7-17)20-10-13-21(25-3,14-11-20)15-12-20;/h6-9H,4-5,10-16H2,1-3H3,(H,23,24);/q;+1/p-1. The molecule has 0 spiro atoms. The van der Waals surface area contributed by atoms with E-state index in [1.165, 1.54) is 24.8 Å². The number of carboxylic acid groups (broad SMARTS) is 1. The van der Waals surface area contributed by atoms with Crippen molar-refractivity contribution in [2.24, 2.45) is 0 Å². The zero-order valence-corrected chi connectivity index (χ0v) is 19.3. The van der Waals surface area contributed by atoms with E-state index in [-0.39, 0.29) is 35.2 Å². The molecule has 3 fully saturated rings. The van der Waals surface area contributed by atoms with E-state index in [4.69, 9.17) is 9.47 Å². The quantitative estimate of drug-likeness (QED) is 0.615. The molecule has 3 aliphatic rings. The molecule has 144 valence electrons. The maximum Gasteiger partial charge on any atom is 1.00 e. The first-order chi connectivity index (χ1) is 12.4. The Morgan fingerprint density at radius 3 is 1.96 bits per heavy atom. The van der Waals surface area contributed by atoms with Crippen LogP contribution in [0.1, 0.15) is 76.3 Å². The first kappa shape index (κ1) is 22.9. The maximum atomic E-state index is 11.5. The van der Waals surface area contributed by atoms with Crippen LogP contribution in [-0.2, 0) is 26.3 Å². The summed E-state index contributed by atoms with van der Waals surface area (Å²) in [5, 5.41) is 11.5. The largest absolute Gasteiger partial charge is 1.00 e. The summed E-state index contributed by atoms with van der Waals surface area (Å²) in [5.41, 5.74) is 1.65. The molecule has 1 aromatic rings. The van der Waals surface area contributed by atoms with Crippen molar-refractivity contribution in [1.29, 1.82) is 0 Å². The van der Waals surface area contributed by atoms with E-state index in [1.807, 2.05) is 21.0 Å². The molecule has 0 atom stereocenters. The minimum absolute atomic E-state index is 0. The zero-order chi connectivity index (χ0) is 18.8. The van der Waals surface area contributed by atoms with Gasteiger partial charge in [-0.05, 0) is 67.9 Å². The molecule has 1 aromatic carbocycles. The number of rotatable bonds is 8. The fourth-order valence-corrected chi connectivity index (χ4v) is 4.87. The number of hydrogen-bond donors (Lipinski definition) is 0. The van der Waals surface area contributed by atoms with E-state index in [1.54, 1.807) is 0 Å². The third-order valence-corrected chi connectivity index (χ3v) is 7.21. The van der Waals surface area contributed by atoms with Crippen LogP contribution < -0.4 is 34.7 Å². The van der Waals surface area contributed by atoms with Gasteiger partial charge >= 0.3 is 29.6 Å². The Kier molecular flexibility index (Phi) is 7.60. The fraction of sp³-hybridized carbons (Fsp3) is 0.682. The smallest absolute Gasteiger partial charge is 0.547 e. The Morgan fingerprint density at radius 2 is 1.56 bits per heavy atom. The summed E-state index contributed by atoms with van der Waals surface area (Å²) in [4.78, 5) is 11.5. The van der Waals surface area contributed by atoms with Crippen LogP contribution in [-0.4, -0.2) is 24.3 Å². The molecule has 5 heteroatoms. The molecule has 0 radical (unpaired) electrons. The Hall–Kier alpha value is -0.390. The third kappa shape index (κ3) is 4.30. The Balaban J connectivity index is 0.00000261. The summed E-state index contributed by atoms with van der Waals surface area (Å²) in [6.45, 7) is 3.96. The van der Waals surface area contributed by atoms with Crippen molar-refractivity contribution in [2.45, 2.75) is 88.4 Å². The van der Waals surface area contributed by atoms with Gasteiger partial charge in [0.15, 0.2) is 0 Å². The van der Waals surface area contributed by atoms with E-state index in [9.17, 15) is 9.90 Å². The average Bonchev–Trinajstić information content (AvgIpc) is 2.71. The second kappa shape index (κ2) is 8.96. The minimum atomic E-state index is -1.19. The topological polar surface area (TPSA) is 58.6 Å². The van der Waals surface area contributed by atoms with Gasteiger partial charge < -0.3 is 19.4 Å². The van der Waals surface area contributed by atoms with Crippen LogP contribution >= 0.6 is 0 Å². The fourth-order valence-electron chi connectivity index (χ4n) is 4.87. The molecule has 0 aliphatic heterocycles. The SMILES string of the molecule is CCC(CC)(OCc1ccc(C23CCC(OC)(CC2)CC3)cc1)C(=O)[O-].[Na+]. The number of carboxylic acids is 1. The number of carbonyl (C=O) groups excluding carboxylic acids is 1. The van der Waals surface area contributed by atoms with Crippen molar-refractivity contribution < 1.29 is 48.9 Å². The molecule has 0 aromatic heterocycles. The molecular weight excluding hydrogens is 351 g/mol. The third-order valence-electron chi connectivity index (χ3n) is 7.21. The number of fused-ring (bicyclic) bond motifs is 3. The van der Waals surface area contributed by atoms with Gasteiger partial charge in [0.1, 0.15) is 5.60 Å². The van der Waals surface area contributed by atoms with Crippen LogP contribution in [0, 0.1) is 0 Å². The van der Waals surface area contributed by atoms with Crippen molar-refractivity contribution in [3.63, 3.8) is 0 Å². The van der Waals surface area contributed by atoms with E-state index >= 15 is 0 Å². The van der Waals surface area contributed by atoms with E-state index in [0.717, 1.165) is 24.8 Å². The van der Waals surface area contributed by atoms with Gasteiger partial charge in [-0.15, -0.1) is 0 Å². The number of methoxy groups -OCH3 is 1. The molecule has 0 N–H and O–H groups in total. The first-order valence-corrected chi connectivity index (χ1v) is 9.93. The van der Waals surface area contributed by atoms with Crippen LogP contribution in [0.2, 0.25) is 0 Å². The molecule has 0 unspecified atom stereocenters. The van der Waals surface area contributed by atoms with Gasteiger partial charge in [0.2, 0.25) is 0 Å². The van der Waals surface area contributed by atoms with Crippen molar-refractivity contribution in [3.05, 3.63) is 35.4 Å². The van der Waals surface area contributed by atoms with Gasteiger partial charge in [-0.3, -0.25) is 0 Å². The maximum absolute atomic E-state index is 11.5. The number of ether oxygens (including phenoxy) is 2. The summed E-state index contributed by atoms with van der Waals surface area (Å²) in [5.74, 6) is -1.12. The van der Waals surface area contributed by atoms with Gasteiger partial charge in [-0.25, -0.2) is 0 Å². The van der Waals surface area contributed by atoms with Gasteiger partial charge in [0, 0.05) is 7.11 Å². The number of aliphatic carboxylic acids is 1. The monoisotopic (exact) mass is 382 g/mol. The number of carbonyl (C=O) groups is 1. The predicted molar refractivity (Wildman–Crippen MR) is 98.7 cm³/mol. The molecule has 0 heterocycles. The molecule has 0 saturated heterocycles. The molecule has 27 heavy (non-hydrogen) atoms. The minimum Gasteiger partial charge on any atom is -0.547 e. The Bertz CT molecular complexity index is 612. The second-order valence-corrected chi connectivity index (χ2v) is 8.14. The van der Waals surface area contributed by atoms with E-state index < -0.39 is 11.6 Å². The summed E-state index contributed by atoms with van der Waals surface area (Å²) in [6, 6.07) is 8.59. The van der Waals surface area contributed by atoms with Crippen molar-refractivity contribution >= 4 is 5.97 Å². The molecule has 3 saturated carbocycles. The van der Waals surface area contributed by atoms with Gasteiger partial charge in [0.25, 0.3) is 0 Å². The molecule has 3 aliphatic carbocycles. The molecule has 0 amide bonds. The summed E-state index contributed by atoms with van der Waals surface area (Å²) >= 11 is 0. The molecule has 4 rings (SSSR count). The number of hydrogen-bond acceptors (Lipinski definition) is 4. The van der Waals surface area contributed by atoms with Crippen molar-refractivity contribution in [3.8, 4) is 0 Å². The Morgan fingerprint density at radius 1 is 1.04 bits per heavy atom. The summed E-state index contributed by atoms with van der Waals surface area (Å²) in [7, 11) is 1.85. The molecule has 4 nitrogen and oxygen atoms in total. The van der Waals surface area contributed by atoms with Crippen LogP contribution in [0.4, 0.5) is 0 Å². The summed E-state index contributed by atoms with van der Waals surface area (Å²) in [6.07, 6.45) is 7.84. The predicted octanol–water partition coefficient (Wildman–Crippen LogP) is 0.507.